The summed E-state index contributed by atoms with van der Waals surface area (Å²) in [6, 6.07) is 8.37. The van der Waals surface area contributed by atoms with E-state index in [1.165, 1.54) is 11.1 Å². The number of nitrogens with one attached hydrogen (secondary N) is 1. The highest BCUT2D eigenvalue weighted by Gasteiger charge is 2.47. The van der Waals surface area contributed by atoms with Gasteiger partial charge in [0.1, 0.15) is 0 Å². The zero-order chi connectivity index (χ0) is 21.5. The molecule has 162 valence electrons. The van der Waals surface area contributed by atoms with Gasteiger partial charge in [-0.1, -0.05) is 43.7 Å². The van der Waals surface area contributed by atoms with E-state index in [9.17, 15) is 9.00 Å². The van der Waals surface area contributed by atoms with Crippen LogP contribution in [0.4, 0.5) is 5.69 Å². The van der Waals surface area contributed by atoms with Crippen molar-refractivity contribution in [1.82, 2.24) is 0 Å². The average Bonchev–Trinajstić information content (AvgIpc) is 2.63. The number of carboxylic acids is 1. The van der Waals surface area contributed by atoms with E-state index in [-0.39, 0.29) is 17.3 Å². The summed E-state index contributed by atoms with van der Waals surface area (Å²) in [5.41, 5.74) is 3.62. The van der Waals surface area contributed by atoms with Gasteiger partial charge in [-0.2, -0.15) is 0 Å². The number of hydrogen-bond donors (Lipinski definition) is 3. The first-order valence-electron chi connectivity index (χ1n) is 10.5. The molecule has 0 aromatic heterocycles. The Bertz CT molecular complexity index is 759. The van der Waals surface area contributed by atoms with Crippen LogP contribution in [0, 0.1) is 5.41 Å². The van der Waals surface area contributed by atoms with E-state index in [1.807, 2.05) is 6.07 Å². The Labute approximate surface area is 177 Å². The van der Waals surface area contributed by atoms with E-state index in [1.54, 1.807) is 0 Å². The van der Waals surface area contributed by atoms with Crippen LogP contribution >= 0.6 is 0 Å². The number of para-hydroxylation sites is 1. The predicted molar refractivity (Wildman–Crippen MR) is 120 cm³/mol. The van der Waals surface area contributed by atoms with Gasteiger partial charge in [0.2, 0.25) is 0 Å². The lowest BCUT2D eigenvalue weighted by atomic mass is 9.53. The summed E-state index contributed by atoms with van der Waals surface area (Å²) >= 11 is -1.73. The molecule has 29 heavy (non-hydrogen) atoms. The fourth-order valence-electron chi connectivity index (χ4n) is 4.78. The molecular weight excluding hydrogens is 386 g/mol. The number of allylic oxidation sites excluding steroid dienone is 2. The minimum Gasteiger partial charge on any atom is -0.481 e. The fraction of sp³-hybridized carbons (Fsp3) is 0.609. The third-order valence-electron chi connectivity index (χ3n) is 6.31. The molecule has 1 aliphatic rings. The molecule has 6 heteroatoms. The Morgan fingerprint density at radius 1 is 1.21 bits per heavy atom. The van der Waals surface area contributed by atoms with Crippen LogP contribution in [0.5, 0.6) is 0 Å². The highest BCUT2D eigenvalue weighted by atomic mass is 32.2. The van der Waals surface area contributed by atoms with Crippen LogP contribution in [0.3, 0.4) is 0 Å². The Kier molecular flexibility index (Phi) is 8.46. The van der Waals surface area contributed by atoms with Crippen molar-refractivity contribution >= 4 is 22.7 Å². The molecule has 2 unspecified atom stereocenters. The molecule has 2 atom stereocenters. The number of hydrogen-bond acceptors (Lipinski definition) is 3. The van der Waals surface area contributed by atoms with Crippen LogP contribution in [0.2, 0.25) is 0 Å². The van der Waals surface area contributed by atoms with Gasteiger partial charge < -0.3 is 15.0 Å². The minimum atomic E-state index is -1.73. The largest absolute Gasteiger partial charge is 0.481 e. The van der Waals surface area contributed by atoms with Crippen molar-refractivity contribution in [2.24, 2.45) is 5.41 Å². The zero-order valence-corrected chi connectivity index (χ0v) is 18.7. The monoisotopic (exact) mass is 421 g/mol. The van der Waals surface area contributed by atoms with E-state index >= 15 is 0 Å². The summed E-state index contributed by atoms with van der Waals surface area (Å²) in [6.45, 7) is 7.53. The first kappa shape index (κ1) is 23.6. The molecule has 3 N–H and O–H groups in total. The first-order chi connectivity index (χ1) is 13.7. The van der Waals surface area contributed by atoms with E-state index < -0.39 is 17.0 Å². The molecule has 1 aromatic rings. The van der Waals surface area contributed by atoms with Crippen molar-refractivity contribution < 1.29 is 18.7 Å². The van der Waals surface area contributed by atoms with Crippen molar-refractivity contribution in [3.05, 3.63) is 41.5 Å². The van der Waals surface area contributed by atoms with Crippen molar-refractivity contribution in [3.63, 3.8) is 0 Å². The summed E-state index contributed by atoms with van der Waals surface area (Å²) in [5, 5.41) is 12.7. The van der Waals surface area contributed by atoms with E-state index in [0.29, 0.717) is 18.6 Å². The van der Waals surface area contributed by atoms with Crippen molar-refractivity contribution in [1.29, 1.82) is 0 Å². The van der Waals surface area contributed by atoms with Gasteiger partial charge in [0.25, 0.3) is 0 Å². The minimum absolute atomic E-state index is 0.00983. The van der Waals surface area contributed by atoms with Crippen LogP contribution in [0.25, 0.3) is 0 Å². The second kappa shape index (κ2) is 10.4. The topological polar surface area (TPSA) is 86.6 Å². The van der Waals surface area contributed by atoms with Gasteiger partial charge in [-0.15, -0.1) is 0 Å². The summed E-state index contributed by atoms with van der Waals surface area (Å²) < 4.78 is 19.7. The highest BCUT2D eigenvalue weighted by molar-refractivity contribution is 7.79. The van der Waals surface area contributed by atoms with Gasteiger partial charge in [0.15, 0.2) is 11.1 Å². The molecule has 5 nitrogen and oxygen atoms in total. The quantitative estimate of drug-likeness (QED) is 0.254. The molecule has 0 amide bonds. The fourth-order valence-corrected chi connectivity index (χ4v) is 5.23. The molecule has 1 aliphatic carbocycles. The highest BCUT2D eigenvalue weighted by Crippen LogP contribution is 2.55. The third kappa shape index (κ3) is 6.16. The second-order valence-corrected chi connectivity index (χ2v) is 9.90. The van der Waals surface area contributed by atoms with Gasteiger partial charge in [-0.3, -0.25) is 4.79 Å². The number of rotatable bonds is 11. The predicted octanol–water partition coefficient (Wildman–Crippen LogP) is 5.36. The number of carbonyl (C=O) groups is 1. The number of aliphatic carboxylic acids is 1. The lowest BCUT2D eigenvalue weighted by molar-refractivity contribution is -0.137. The maximum absolute atomic E-state index is 11.1. The van der Waals surface area contributed by atoms with Gasteiger partial charge >= 0.3 is 5.97 Å². The average molecular weight is 422 g/mol. The van der Waals surface area contributed by atoms with Crippen LogP contribution < -0.4 is 5.32 Å². The van der Waals surface area contributed by atoms with Crippen molar-refractivity contribution in [2.75, 3.05) is 17.6 Å². The van der Waals surface area contributed by atoms with Crippen molar-refractivity contribution in [3.8, 4) is 0 Å². The van der Waals surface area contributed by atoms with Gasteiger partial charge in [-0.25, -0.2) is 4.21 Å². The molecule has 1 aromatic carbocycles. The molecule has 0 bridgehead atoms. The third-order valence-corrected chi connectivity index (χ3v) is 6.95. The lowest BCUT2D eigenvalue weighted by Gasteiger charge is -2.51. The molecule has 0 fully saturated rings. The Balaban J connectivity index is 2.29. The van der Waals surface area contributed by atoms with E-state index in [2.05, 4.69) is 50.4 Å². The van der Waals surface area contributed by atoms with E-state index in [0.717, 1.165) is 37.9 Å². The molecule has 0 heterocycles. The van der Waals surface area contributed by atoms with Crippen LogP contribution in [-0.4, -0.2) is 32.1 Å². The molecule has 0 aliphatic heterocycles. The Morgan fingerprint density at radius 3 is 2.59 bits per heavy atom. The first-order valence-corrected chi connectivity index (χ1v) is 11.7. The van der Waals surface area contributed by atoms with Crippen LogP contribution in [0.1, 0.15) is 71.3 Å². The lowest BCUT2D eigenvalue weighted by Crippen LogP contribution is -2.44. The van der Waals surface area contributed by atoms with Gasteiger partial charge in [0.05, 0.1) is 0 Å². The summed E-state index contributed by atoms with van der Waals surface area (Å²) in [7, 11) is 0. The molecule has 0 spiro atoms. The molecular formula is C23H35NO4S. The standard InChI is InChI=1S/C23H35NO4S/c1-18-12-14-23(22(2,3)17-18,13-8-11-21(25)26)19-9-4-5-10-20(19)24-15-6-7-16-29(27)28/h4-5,9-10,12,24H,6-8,11,13-17H2,1-3H3,(H,25,26)(H,27,28). The van der Waals surface area contributed by atoms with Crippen LogP contribution in [0.15, 0.2) is 35.9 Å². The van der Waals surface area contributed by atoms with Gasteiger partial charge in [0, 0.05) is 29.8 Å². The summed E-state index contributed by atoms with van der Waals surface area (Å²) in [5.74, 6) is -0.437. The van der Waals surface area contributed by atoms with Crippen LogP contribution in [-0.2, 0) is 21.3 Å². The Morgan fingerprint density at radius 2 is 1.93 bits per heavy atom. The molecule has 0 saturated carbocycles. The molecule has 2 rings (SSSR count). The maximum atomic E-state index is 11.1. The SMILES string of the molecule is CC1=CCC(CCCC(=O)O)(c2ccccc2NCCCCS(=O)O)C(C)(C)C1. The maximum Gasteiger partial charge on any atom is 0.303 e. The molecule has 0 saturated heterocycles. The number of benzene rings is 1. The van der Waals surface area contributed by atoms with Crippen molar-refractivity contribution in [2.45, 2.75) is 71.1 Å². The van der Waals surface area contributed by atoms with E-state index in [4.69, 9.17) is 9.66 Å². The summed E-state index contributed by atoms with van der Waals surface area (Å²) in [6.07, 6.45) is 7.43. The number of anilines is 1. The van der Waals surface area contributed by atoms with Gasteiger partial charge in [-0.05, 0) is 62.5 Å². The smallest absolute Gasteiger partial charge is 0.303 e. The summed E-state index contributed by atoms with van der Waals surface area (Å²) in [4.78, 5) is 11.1. The number of unbranched alkanes of at least 4 members (excludes halogenated alkanes) is 1. The zero-order valence-electron chi connectivity index (χ0n) is 17.9. The second-order valence-electron chi connectivity index (χ2n) is 8.85. The number of carboxylic acid groups (broad SMARTS) is 1. The Hall–Kier alpha value is -1.66. The normalized spacial score (nSPS) is 22.0. The molecule has 0 radical (unpaired) electrons.